The van der Waals surface area contributed by atoms with Crippen LogP contribution in [0, 0.1) is 6.92 Å². The summed E-state index contributed by atoms with van der Waals surface area (Å²) in [6.45, 7) is 7.34. The van der Waals surface area contributed by atoms with Crippen molar-refractivity contribution in [1.82, 2.24) is 10.2 Å². The van der Waals surface area contributed by atoms with Gasteiger partial charge in [0, 0.05) is 38.3 Å². The zero-order chi connectivity index (χ0) is 13.0. The molecule has 1 aromatic carbocycles. The van der Waals surface area contributed by atoms with Crippen LogP contribution in [-0.4, -0.2) is 45.3 Å². The number of hydrogen-bond acceptors (Lipinski definition) is 4. The summed E-state index contributed by atoms with van der Waals surface area (Å²) in [5, 5.41) is 3.37. The van der Waals surface area contributed by atoms with Crippen LogP contribution < -0.4 is 14.8 Å². The predicted molar refractivity (Wildman–Crippen MR) is 72.4 cm³/mol. The van der Waals surface area contributed by atoms with E-state index in [2.05, 4.69) is 23.2 Å². The molecule has 0 aliphatic carbocycles. The second-order valence-corrected chi connectivity index (χ2v) is 4.62. The van der Waals surface area contributed by atoms with Gasteiger partial charge in [0.05, 0.1) is 14.2 Å². The summed E-state index contributed by atoms with van der Waals surface area (Å²) in [6.07, 6.45) is 0. The Bertz CT molecular complexity index is 401. The predicted octanol–water partition coefficient (Wildman–Crippen LogP) is 1.42. The Hall–Kier alpha value is -1.26. The molecule has 100 valence electrons. The van der Waals surface area contributed by atoms with Gasteiger partial charge in [-0.3, -0.25) is 4.90 Å². The highest BCUT2D eigenvalue weighted by atomic mass is 16.5. The summed E-state index contributed by atoms with van der Waals surface area (Å²) in [6, 6.07) is 4.06. The zero-order valence-electron chi connectivity index (χ0n) is 11.5. The second kappa shape index (κ2) is 6.07. The summed E-state index contributed by atoms with van der Waals surface area (Å²) in [7, 11) is 3.39. The van der Waals surface area contributed by atoms with Gasteiger partial charge in [-0.1, -0.05) is 6.07 Å². The van der Waals surface area contributed by atoms with Crippen LogP contribution in [-0.2, 0) is 6.54 Å². The van der Waals surface area contributed by atoms with Crippen LogP contribution in [0.3, 0.4) is 0 Å². The minimum absolute atomic E-state index is 0.813. The minimum Gasteiger partial charge on any atom is -0.493 e. The summed E-state index contributed by atoms with van der Waals surface area (Å²) in [5.41, 5.74) is 2.49. The van der Waals surface area contributed by atoms with E-state index in [1.807, 2.05) is 6.07 Å². The minimum atomic E-state index is 0.813. The van der Waals surface area contributed by atoms with E-state index in [9.17, 15) is 0 Å². The van der Waals surface area contributed by atoms with Crippen molar-refractivity contribution in [2.24, 2.45) is 0 Å². The van der Waals surface area contributed by atoms with Crippen molar-refractivity contribution in [2.75, 3.05) is 40.4 Å². The normalized spacial score (nSPS) is 16.6. The summed E-state index contributed by atoms with van der Waals surface area (Å²) in [4.78, 5) is 2.45. The molecule has 4 heteroatoms. The molecule has 1 aliphatic heterocycles. The third kappa shape index (κ3) is 2.76. The molecule has 18 heavy (non-hydrogen) atoms. The van der Waals surface area contributed by atoms with Crippen molar-refractivity contribution in [3.8, 4) is 11.5 Å². The molecule has 1 aliphatic rings. The van der Waals surface area contributed by atoms with E-state index in [-0.39, 0.29) is 0 Å². The summed E-state index contributed by atoms with van der Waals surface area (Å²) >= 11 is 0. The first-order chi connectivity index (χ1) is 8.76. The number of nitrogens with one attached hydrogen (secondary N) is 1. The maximum Gasteiger partial charge on any atom is 0.165 e. The van der Waals surface area contributed by atoms with E-state index in [1.165, 1.54) is 11.1 Å². The van der Waals surface area contributed by atoms with Gasteiger partial charge in [0.2, 0.25) is 0 Å². The van der Waals surface area contributed by atoms with E-state index in [1.54, 1.807) is 14.2 Å². The molecular formula is C14H22N2O2. The highest BCUT2D eigenvalue weighted by molar-refractivity contribution is 5.50. The van der Waals surface area contributed by atoms with E-state index in [4.69, 9.17) is 9.47 Å². The molecule has 1 aromatic rings. The van der Waals surface area contributed by atoms with Gasteiger partial charge < -0.3 is 14.8 Å². The molecule has 2 rings (SSSR count). The van der Waals surface area contributed by atoms with Gasteiger partial charge in [-0.25, -0.2) is 0 Å². The molecule has 0 spiro atoms. The maximum atomic E-state index is 5.52. The Labute approximate surface area is 109 Å². The maximum absolute atomic E-state index is 5.52. The van der Waals surface area contributed by atoms with E-state index in [0.29, 0.717) is 0 Å². The Balaban J connectivity index is 2.24. The average Bonchev–Trinajstić information content (AvgIpc) is 2.42. The smallest absolute Gasteiger partial charge is 0.165 e. The van der Waals surface area contributed by atoms with Crippen molar-refractivity contribution < 1.29 is 9.47 Å². The van der Waals surface area contributed by atoms with Crippen molar-refractivity contribution in [3.05, 3.63) is 23.3 Å². The summed E-state index contributed by atoms with van der Waals surface area (Å²) in [5.74, 6) is 1.68. The molecule has 1 fully saturated rings. The van der Waals surface area contributed by atoms with Gasteiger partial charge in [-0.05, 0) is 18.6 Å². The number of rotatable bonds is 4. The van der Waals surface area contributed by atoms with Crippen molar-refractivity contribution in [3.63, 3.8) is 0 Å². The van der Waals surface area contributed by atoms with Crippen LogP contribution in [0.25, 0.3) is 0 Å². The monoisotopic (exact) mass is 250 g/mol. The van der Waals surface area contributed by atoms with Crippen LogP contribution in [0.2, 0.25) is 0 Å². The number of aryl methyl sites for hydroxylation is 1. The standard InChI is InChI=1S/C14H22N2O2/c1-11-4-5-13(17-2)14(18-3)12(11)10-16-8-6-15-7-9-16/h4-5,15H,6-10H2,1-3H3. The van der Waals surface area contributed by atoms with Gasteiger partial charge >= 0.3 is 0 Å². The third-order valence-corrected chi connectivity index (χ3v) is 3.47. The molecule has 1 saturated heterocycles. The second-order valence-electron chi connectivity index (χ2n) is 4.62. The Morgan fingerprint density at radius 2 is 1.89 bits per heavy atom. The average molecular weight is 250 g/mol. The van der Waals surface area contributed by atoms with Crippen LogP contribution in [0.4, 0.5) is 0 Å². The highest BCUT2D eigenvalue weighted by Crippen LogP contribution is 2.34. The SMILES string of the molecule is COc1ccc(C)c(CN2CCNCC2)c1OC. The van der Waals surface area contributed by atoms with Crippen LogP contribution >= 0.6 is 0 Å². The molecule has 0 unspecified atom stereocenters. The van der Waals surface area contributed by atoms with E-state index >= 15 is 0 Å². The number of hydrogen-bond donors (Lipinski definition) is 1. The van der Waals surface area contributed by atoms with Gasteiger partial charge in [0.15, 0.2) is 11.5 Å². The largest absolute Gasteiger partial charge is 0.493 e. The van der Waals surface area contributed by atoms with Gasteiger partial charge in [-0.15, -0.1) is 0 Å². The quantitative estimate of drug-likeness (QED) is 0.876. The fourth-order valence-electron chi connectivity index (χ4n) is 2.38. The third-order valence-electron chi connectivity index (χ3n) is 3.47. The molecular weight excluding hydrogens is 228 g/mol. The van der Waals surface area contributed by atoms with Crippen LogP contribution in [0.15, 0.2) is 12.1 Å². The molecule has 0 aromatic heterocycles. The molecule has 0 amide bonds. The lowest BCUT2D eigenvalue weighted by atomic mass is 10.1. The van der Waals surface area contributed by atoms with Gasteiger partial charge in [0.25, 0.3) is 0 Å². The van der Waals surface area contributed by atoms with Crippen molar-refractivity contribution in [1.29, 1.82) is 0 Å². The van der Waals surface area contributed by atoms with Gasteiger partial charge in [0.1, 0.15) is 0 Å². The lowest BCUT2D eigenvalue weighted by molar-refractivity contribution is 0.228. The van der Waals surface area contributed by atoms with Gasteiger partial charge in [-0.2, -0.15) is 0 Å². The van der Waals surface area contributed by atoms with Crippen molar-refractivity contribution in [2.45, 2.75) is 13.5 Å². The Kier molecular flexibility index (Phi) is 4.44. The number of piperazine rings is 1. The first-order valence-corrected chi connectivity index (χ1v) is 6.39. The topological polar surface area (TPSA) is 33.7 Å². The molecule has 0 radical (unpaired) electrons. The molecule has 0 bridgehead atoms. The van der Waals surface area contributed by atoms with Crippen LogP contribution in [0.1, 0.15) is 11.1 Å². The first kappa shape index (κ1) is 13.2. The number of methoxy groups -OCH3 is 2. The number of benzene rings is 1. The molecule has 4 nitrogen and oxygen atoms in total. The Morgan fingerprint density at radius 3 is 2.50 bits per heavy atom. The van der Waals surface area contributed by atoms with Crippen LogP contribution in [0.5, 0.6) is 11.5 Å². The Morgan fingerprint density at radius 1 is 1.17 bits per heavy atom. The number of nitrogens with zero attached hydrogens (tertiary/aromatic N) is 1. The fraction of sp³-hybridized carbons (Fsp3) is 0.571. The fourth-order valence-corrected chi connectivity index (χ4v) is 2.38. The van der Waals surface area contributed by atoms with E-state index < -0.39 is 0 Å². The zero-order valence-corrected chi connectivity index (χ0v) is 11.5. The van der Waals surface area contributed by atoms with E-state index in [0.717, 1.165) is 44.2 Å². The molecule has 0 saturated carbocycles. The molecule has 1 heterocycles. The summed E-state index contributed by atoms with van der Waals surface area (Å²) < 4.78 is 10.9. The lowest BCUT2D eigenvalue weighted by Crippen LogP contribution is -2.43. The van der Waals surface area contributed by atoms with Crippen molar-refractivity contribution >= 4 is 0 Å². The lowest BCUT2D eigenvalue weighted by Gasteiger charge is -2.28. The molecule has 1 N–H and O–H groups in total. The molecule has 0 atom stereocenters. The number of ether oxygens (including phenoxy) is 2. The highest BCUT2D eigenvalue weighted by Gasteiger charge is 2.17. The first-order valence-electron chi connectivity index (χ1n) is 6.39.